The van der Waals surface area contributed by atoms with E-state index in [1.54, 1.807) is 18.2 Å². The molecule has 8 nitrogen and oxygen atoms in total. The fourth-order valence-electron chi connectivity index (χ4n) is 4.20. The van der Waals surface area contributed by atoms with E-state index in [0.717, 1.165) is 11.6 Å². The maximum Gasteiger partial charge on any atom is 0.573 e. The second-order valence-electron chi connectivity index (χ2n) is 8.59. The van der Waals surface area contributed by atoms with E-state index in [1.807, 2.05) is 0 Å². The summed E-state index contributed by atoms with van der Waals surface area (Å²) in [6.45, 7) is 0.106. The van der Waals surface area contributed by atoms with Crippen molar-refractivity contribution in [2.24, 2.45) is 0 Å². The standard InChI is InChI=1S/C25H21F3N2O6S/c1-29-37(32,33)18-6-2-15(3-7-18)19-13-17(5-9-20(19)36-25(26,27)28)30-23(31)24(10-11-24)16-4-8-21-22(12-16)35-14-34-21/h2-9,12-13,29H,10-11,14H2,1H3,(H,30,31). The number of benzene rings is 3. The number of ether oxygens (including phenoxy) is 3. The van der Waals surface area contributed by atoms with Crippen LogP contribution >= 0.6 is 0 Å². The van der Waals surface area contributed by atoms with Gasteiger partial charge in [-0.2, -0.15) is 0 Å². The molecule has 3 aromatic rings. The van der Waals surface area contributed by atoms with Crippen molar-refractivity contribution in [2.75, 3.05) is 19.2 Å². The van der Waals surface area contributed by atoms with Gasteiger partial charge >= 0.3 is 6.36 Å². The van der Waals surface area contributed by atoms with Crippen molar-refractivity contribution in [3.05, 3.63) is 66.2 Å². The smallest absolute Gasteiger partial charge is 0.454 e. The first-order valence-electron chi connectivity index (χ1n) is 11.2. The number of carbonyl (C=O) groups excluding carboxylic acids is 1. The van der Waals surface area contributed by atoms with Gasteiger partial charge in [-0.25, -0.2) is 13.1 Å². The number of carbonyl (C=O) groups is 1. The van der Waals surface area contributed by atoms with Gasteiger partial charge in [0.2, 0.25) is 22.7 Å². The quantitative estimate of drug-likeness (QED) is 0.461. The van der Waals surface area contributed by atoms with Crippen LogP contribution in [0.3, 0.4) is 0 Å². The van der Waals surface area contributed by atoms with E-state index in [0.29, 0.717) is 24.3 Å². The summed E-state index contributed by atoms with van der Waals surface area (Å²) in [6.07, 6.45) is -3.75. The van der Waals surface area contributed by atoms with Crippen molar-refractivity contribution < 1.29 is 40.6 Å². The van der Waals surface area contributed by atoms with Crippen molar-refractivity contribution in [3.8, 4) is 28.4 Å². The van der Waals surface area contributed by atoms with E-state index >= 15 is 0 Å². The molecule has 37 heavy (non-hydrogen) atoms. The molecular formula is C25H21F3N2O6S. The van der Waals surface area contributed by atoms with Crippen LogP contribution in [0.2, 0.25) is 0 Å². The summed E-state index contributed by atoms with van der Waals surface area (Å²) in [7, 11) is -2.48. The van der Waals surface area contributed by atoms with Crippen LogP contribution in [0.15, 0.2) is 65.6 Å². The number of hydrogen-bond acceptors (Lipinski definition) is 6. The Labute approximate surface area is 210 Å². The highest BCUT2D eigenvalue weighted by Gasteiger charge is 2.51. The summed E-state index contributed by atoms with van der Waals surface area (Å²) in [5.41, 5.74) is 0.519. The first-order chi connectivity index (χ1) is 17.5. The molecule has 2 aliphatic rings. The normalized spacial score (nSPS) is 15.8. The van der Waals surface area contributed by atoms with Crippen LogP contribution < -0.4 is 24.2 Å². The Bertz CT molecular complexity index is 1470. The largest absolute Gasteiger partial charge is 0.573 e. The maximum atomic E-state index is 13.3. The van der Waals surface area contributed by atoms with Gasteiger partial charge in [-0.1, -0.05) is 18.2 Å². The average molecular weight is 535 g/mol. The summed E-state index contributed by atoms with van der Waals surface area (Å²) in [5, 5.41) is 2.80. The Morgan fingerprint density at radius 1 is 0.973 bits per heavy atom. The Kier molecular flexibility index (Phi) is 6.03. The lowest BCUT2D eigenvalue weighted by Gasteiger charge is -2.18. The van der Waals surface area contributed by atoms with Gasteiger partial charge in [0.1, 0.15) is 5.75 Å². The molecular weight excluding hydrogens is 513 g/mol. The second-order valence-corrected chi connectivity index (χ2v) is 10.5. The number of alkyl halides is 3. The van der Waals surface area contributed by atoms with Gasteiger partial charge in [0.15, 0.2) is 11.5 Å². The van der Waals surface area contributed by atoms with Gasteiger partial charge in [-0.05, 0) is 73.5 Å². The molecule has 1 aliphatic carbocycles. The summed E-state index contributed by atoms with van der Waals surface area (Å²) in [6, 6.07) is 14.3. The zero-order chi connectivity index (χ0) is 26.4. The van der Waals surface area contributed by atoms with Crippen molar-refractivity contribution in [1.82, 2.24) is 4.72 Å². The first kappa shape index (κ1) is 24.9. The van der Waals surface area contributed by atoms with Crippen LogP contribution in [0.5, 0.6) is 17.2 Å². The van der Waals surface area contributed by atoms with Gasteiger partial charge in [-0.15, -0.1) is 13.2 Å². The van der Waals surface area contributed by atoms with E-state index in [9.17, 15) is 26.4 Å². The number of sulfonamides is 1. The molecule has 12 heteroatoms. The molecule has 0 saturated heterocycles. The predicted octanol–water partition coefficient (Wildman–Crippen LogP) is 4.56. The van der Waals surface area contributed by atoms with Crippen LogP contribution in [0.25, 0.3) is 11.1 Å². The predicted molar refractivity (Wildman–Crippen MR) is 127 cm³/mol. The number of anilines is 1. The lowest BCUT2D eigenvalue weighted by atomic mass is 9.94. The molecule has 1 fully saturated rings. The minimum absolute atomic E-state index is 0.0245. The Morgan fingerprint density at radius 2 is 1.68 bits per heavy atom. The molecule has 1 heterocycles. The molecule has 0 radical (unpaired) electrons. The van der Waals surface area contributed by atoms with Gasteiger partial charge in [0, 0.05) is 11.3 Å². The number of amides is 1. The van der Waals surface area contributed by atoms with Crippen molar-refractivity contribution in [2.45, 2.75) is 29.5 Å². The average Bonchev–Trinajstić information content (AvgIpc) is 3.55. The molecule has 0 spiro atoms. The van der Waals surface area contributed by atoms with Gasteiger partial charge in [0.25, 0.3) is 0 Å². The van der Waals surface area contributed by atoms with E-state index in [-0.39, 0.29) is 34.4 Å². The van der Waals surface area contributed by atoms with Crippen molar-refractivity contribution >= 4 is 21.6 Å². The number of rotatable bonds is 7. The topological polar surface area (TPSA) is 103 Å². The van der Waals surface area contributed by atoms with Crippen LogP contribution in [-0.2, 0) is 20.2 Å². The summed E-state index contributed by atoms with van der Waals surface area (Å²) >= 11 is 0. The minimum Gasteiger partial charge on any atom is -0.454 e. The summed E-state index contributed by atoms with van der Waals surface area (Å²) in [5.74, 6) is 0.346. The molecule has 194 valence electrons. The lowest BCUT2D eigenvalue weighted by molar-refractivity contribution is -0.274. The van der Waals surface area contributed by atoms with Crippen molar-refractivity contribution in [3.63, 3.8) is 0 Å². The van der Waals surface area contributed by atoms with E-state index in [2.05, 4.69) is 14.8 Å². The number of halogens is 3. The third-order valence-corrected chi connectivity index (χ3v) is 7.75. The highest BCUT2D eigenvalue weighted by atomic mass is 32.2. The monoisotopic (exact) mass is 534 g/mol. The maximum absolute atomic E-state index is 13.3. The highest BCUT2D eigenvalue weighted by molar-refractivity contribution is 7.89. The lowest BCUT2D eigenvalue weighted by Crippen LogP contribution is -2.27. The SMILES string of the molecule is CNS(=O)(=O)c1ccc(-c2cc(NC(=O)C3(c4ccc5c(c4)OCO5)CC3)ccc2OC(F)(F)F)cc1. The molecule has 1 saturated carbocycles. The molecule has 0 atom stereocenters. The van der Waals surface area contributed by atoms with E-state index in [4.69, 9.17) is 9.47 Å². The highest BCUT2D eigenvalue weighted by Crippen LogP contribution is 2.51. The zero-order valence-electron chi connectivity index (χ0n) is 19.4. The molecule has 5 rings (SSSR count). The third-order valence-electron chi connectivity index (χ3n) is 6.32. The molecule has 1 aliphatic heterocycles. The molecule has 3 aromatic carbocycles. The fraction of sp³-hybridized carbons (Fsp3) is 0.240. The van der Waals surface area contributed by atoms with E-state index in [1.165, 1.54) is 43.4 Å². The van der Waals surface area contributed by atoms with Crippen LogP contribution in [-0.4, -0.2) is 34.5 Å². The van der Waals surface area contributed by atoms with Crippen LogP contribution in [0.1, 0.15) is 18.4 Å². The van der Waals surface area contributed by atoms with Gasteiger partial charge in [-0.3, -0.25) is 4.79 Å². The minimum atomic E-state index is -4.95. The van der Waals surface area contributed by atoms with E-state index < -0.39 is 27.6 Å². The number of fused-ring (bicyclic) bond motifs is 1. The third kappa shape index (κ3) is 4.94. The van der Waals surface area contributed by atoms with Crippen LogP contribution in [0, 0.1) is 0 Å². The van der Waals surface area contributed by atoms with Crippen LogP contribution in [0.4, 0.5) is 18.9 Å². The number of hydrogen-bond donors (Lipinski definition) is 2. The second kappa shape index (κ2) is 8.96. The zero-order valence-corrected chi connectivity index (χ0v) is 20.2. The summed E-state index contributed by atoms with van der Waals surface area (Å²) in [4.78, 5) is 13.2. The van der Waals surface area contributed by atoms with Gasteiger partial charge in [0.05, 0.1) is 10.3 Å². The molecule has 0 unspecified atom stereocenters. The van der Waals surface area contributed by atoms with Gasteiger partial charge < -0.3 is 19.5 Å². The molecule has 0 bridgehead atoms. The molecule has 0 aromatic heterocycles. The Morgan fingerprint density at radius 3 is 2.32 bits per heavy atom. The summed E-state index contributed by atoms with van der Waals surface area (Å²) < 4.78 is 80.3. The Balaban J connectivity index is 1.45. The Hall–Kier alpha value is -3.77. The fourth-order valence-corrected chi connectivity index (χ4v) is 4.93. The molecule has 1 amide bonds. The van der Waals surface area contributed by atoms with Crippen molar-refractivity contribution in [1.29, 1.82) is 0 Å². The molecule has 2 N–H and O–H groups in total. The first-order valence-corrected chi connectivity index (χ1v) is 12.6. The number of nitrogens with one attached hydrogen (secondary N) is 2.